The second kappa shape index (κ2) is 12.9. The molecule has 4 aromatic carbocycles. The molecule has 1 aliphatic rings. The molecular weight excluding hydrogens is 508 g/mol. The summed E-state index contributed by atoms with van der Waals surface area (Å²) in [6.45, 7) is 4.55. The fourth-order valence-electron chi connectivity index (χ4n) is 6.60. The van der Waals surface area contributed by atoms with Crippen LogP contribution < -0.4 is 4.90 Å². The summed E-state index contributed by atoms with van der Waals surface area (Å²) in [6, 6.07) is 34.0. The van der Waals surface area contributed by atoms with Gasteiger partial charge < -0.3 is 4.90 Å². The smallest absolute Gasteiger partial charge is 0.0830 e. The van der Waals surface area contributed by atoms with Gasteiger partial charge in [-0.25, -0.2) is 4.98 Å². The SMILES string of the molecule is CCCCCCc1ccc(-c2nc3c4c(cccc4c2-c2ccc(CCCCCC)cc2)N(C)c2ccccc2-3)cc1. The van der Waals surface area contributed by atoms with Crippen LogP contribution >= 0.6 is 0 Å². The highest BCUT2D eigenvalue weighted by Gasteiger charge is 2.27. The number of unbranched alkanes of at least 4 members (excludes halogenated alkanes) is 6. The van der Waals surface area contributed by atoms with Crippen molar-refractivity contribution in [1.29, 1.82) is 0 Å². The van der Waals surface area contributed by atoms with Crippen molar-refractivity contribution in [2.75, 3.05) is 11.9 Å². The lowest BCUT2D eigenvalue weighted by Gasteiger charge is -2.31. The van der Waals surface area contributed by atoms with E-state index in [1.54, 1.807) is 0 Å². The molecule has 0 saturated carbocycles. The first-order valence-corrected chi connectivity index (χ1v) is 16.2. The maximum atomic E-state index is 5.54. The first kappa shape index (κ1) is 28.2. The van der Waals surface area contributed by atoms with Gasteiger partial charge in [-0.05, 0) is 59.9 Å². The molecule has 0 N–H and O–H groups in total. The van der Waals surface area contributed by atoms with Crippen LogP contribution in [-0.2, 0) is 12.8 Å². The zero-order valence-corrected chi connectivity index (χ0v) is 25.6. The maximum Gasteiger partial charge on any atom is 0.0830 e. The van der Waals surface area contributed by atoms with Gasteiger partial charge in [0.15, 0.2) is 0 Å². The molecule has 6 rings (SSSR count). The van der Waals surface area contributed by atoms with Crippen LogP contribution in [0.15, 0.2) is 91.0 Å². The predicted octanol–water partition coefficient (Wildman–Crippen LogP) is 11.6. The van der Waals surface area contributed by atoms with Gasteiger partial charge in [0.05, 0.1) is 22.8 Å². The van der Waals surface area contributed by atoms with E-state index in [0.717, 1.165) is 24.2 Å². The number of para-hydroxylation sites is 1. The maximum absolute atomic E-state index is 5.54. The Balaban J connectivity index is 1.48. The topological polar surface area (TPSA) is 16.1 Å². The molecule has 1 aliphatic heterocycles. The van der Waals surface area contributed by atoms with Crippen LogP contribution in [0.2, 0.25) is 0 Å². The van der Waals surface area contributed by atoms with Gasteiger partial charge in [-0.1, -0.05) is 131 Å². The number of aryl methyl sites for hydroxylation is 2. The molecule has 0 spiro atoms. The quantitative estimate of drug-likeness (QED) is 0.143. The highest BCUT2D eigenvalue weighted by molar-refractivity contribution is 6.16. The van der Waals surface area contributed by atoms with Crippen molar-refractivity contribution in [1.82, 2.24) is 4.98 Å². The molecular formula is C40H44N2. The molecule has 0 saturated heterocycles. The number of rotatable bonds is 12. The standard InChI is InChI=1S/C40H44N2/c1-4-6-8-10-15-29-21-25-31(26-22-29)37-34-18-14-20-36-38(34)40(33-17-12-13-19-35(33)42(36)3)41-39(37)32-27-23-30(24-28-32)16-11-9-7-5-2/h12-14,17-28H,4-11,15-16H2,1-3H3. The summed E-state index contributed by atoms with van der Waals surface area (Å²) in [5.41, 5.74) is 12.3. The molecule has 42 heavy (non-hydrogen) atoms. The molecule has 214 valence electrons. The lowest BCUT2D eigenvalue weighted by Crippen LogP contribution is -2.15. The molecule has 2 heterocycles. The average molecular weight is 553 g/mol. The minimum absolute atomic E-state index is 1.07. The van der Waals surface area contributed by atoms with Crippen molar-refractivity contribution in [2.24, 2.45) is 0 Å². The Morgan fingerprint density at radius 3 is 1.79 bits per heavy atom. The second-order valence-electron chi connectivity index (χ2n) is 12.0. The van der Waals surface area contributed by atoms with E-state index in [1.165, 1.54) is 107 Å². The molecule has 0 aliphatic carbocycles. The highest BCUT2D eigenvalue weighted by Crippen LogP contribution is 2.50. The summed E-state index contributed by atoms with van der Waals surface area (Å²) >= 11 is 0. The largest absolute Gasteiger partial charge is 0.343 e. The van der Waals surface area contributed by atoms with Gasteiger partial charge in [0, 0.05) is 29.1 Å². The fraction of sp³-hybridized carbons (Fsp3) is 0.325. The molecule has 2 nitrogen and oxygen atoms in total. The van der Waals surface area contributed by atoms with E-state index in [-0.39, 0.29) is 0 Å². The van der Waals surface area contributed by atoms with E-state index in [2.05, 4.69) is 117 Å². The number of hydrogen-bond donors (Lipinski definition) is 0. The van der Waals surface area contributed by atoms with Gasteiger partial charge >= 0.3 is 0 Å². The molecule has 2 heteroatoms. The lowest BCUT2D eigenvalue weighted by atomic mass is 9.88. The molecule has 1 aromatic heterocycles. The monoisotopic (exact) mass is 552 g/mol. The van der Waals surface area contributed by atoms with Gasteiger partial charge in [-0.15, -0.1) is 0 Å². The Bertz CT molecular complexity index is 1650. The molecule has 0 fully saturated rings. The van der Waals surface area contributed by atoms with Crippen molar-refractivity contribution in [3.63, 3.8) is 0 Å². The minimum Gasteiger partial charge on any atom is -0.343 e. The lowest BCUT2D eigenvalue weighted by molar-refractivity contribution is 0.667. The molecule has 0 atom stereocenters. The van der Waals surface area contributed by atoms with Crippen LogP contribution in [0.25, 0.3) is 44.4 Å². The number of fused-ring (bicyclic) bond motifs is 2. The van der Waals surface area contributed by atoms with Crippen molar-refractivity contribution >= 4 is 22.1 Å². The molecule has 0 unspecified atom stereocenters. The Morgan fingerprint density at radius 2 is 1.14 bits per heavy atom. The van der Waals surface area contributed by atoms with E-state index >= 15 is 0 Å². The van der Waals surface area contributed by atoms with Gasteiger partial charge in [0.2, 0.25) is 0 Å². The molecule has 0 amide bonds. The molecule has 0 radical (unpaired) electrons. The molecule has 0 bridgehead atoms. The normalized spacial score (nSPS) is 12.1. The van der Waals surface area contributed by atoms with Gasteiger partial charge in [0.1, 0.15) is 0 Å². The van der Waals surface area contributed by atoms with Crippen molar-refractivity contribution < 1.29 is 0 Å². The third-order valence-corrected chi connectivity index (χ3v) is 9.00. The average Bonchev–Trinajstić information content (AvgIpc) is 3.04. The van der Waals surface area contributed by atoms with E-state index in [9.17, 15) is 0 Å². The third-order valence-electron chi connectivity index (χ3n) is 9.00. The number of aromatic nitrogens is 1. The number of pyridine rings is 1. The second-order valence-corrected chi connectivity index (χ2v) is 12.0. The van der Waals surface area contributed by atoms with Gasteiger partial charge in [-0.3, -0.25) is 0 Å². The van der Waals surface area contributed by atoms with Crippen LogP contribution in [0.4, 0.5) is 11.4 Å². The van der Waals surface area contributed by atoms with E-state index < -0.39 is 0 Å². The fourth-order valence-corrected chi connectivity index (χ4v) is 6.60. The van der Waals surface area contributed by atoms with E-state index in [1.807, 2.05) is 0 Å². The zero-order chi connectivity index (χ0) is 28.9. The number of nitrogens with zero attached hydrogens (tertiary/aromatic N) is 2. The number of anilines is 2. The van der Waals surface area contributed by atoms with E-state index in [0.29, 0.717) is 0 Å². The van der Waals surface area contributed by atoms with E-state index in [4.69, 9.17) is 4.98 Å². The van der Waals surface area contributed by atoms with Crippen molar-refractivity contribution in [3.8, 4) is 33.6 Å². The zero-order valence-electron chi connectivity index (χ0n) is 25.6. The summed E-state index contributed by atoms with van der Waals surface area (Å²) in [6.07, 6.45) is 12.6. The highest BCUT2D eigenvalue weighted by atomic mass is 15.1. The summed E-state index contributed by atoms with van der Waals surface area (Å²) in [7, 11) is 2.18. The third kappa shape index (κ3) is 5.60. The van der Waals surface area contributed by atoms with Crippen molar-refractivity contribution in [2.45, 2.75) is 78.1 Å². The van der Waals surface area contributed by atoms with Crippen LogP contribution in [0.1, 0.15) is 76.3 Å². The Kier molecular flexibility index (Phi) is 8.70. The summed E-state index contributed by atoms with van der Waals surface area (Å²) < 4.78 is 0. The summed E-state index contributed by atoms with van der Waals surface area (Å²) in [5.74, 6) is 0. The van der Waals surface area contributed by atoms with Crippen LogP contribution in [0, 0.1) is 0 Å². The van der Waals surface area contributed by atoms with Crippen LogP contribution in [0.5, 0.6) is 0 Å². The summed E-state index contributed by atoms with van der Waals surface area (Å²) in [5, 5.41) is 2.52. The van der Waals surface area contributed by atoms with Crippen molar-refractivity contribution in [3.05, 3.63) is 102 Å². The minimum atomic E-state index is 1.07. The predicted molar refractivity (Wildman–Crippen MR) is 182 cm³/mol. The first-order chi connectivity index (χ1) is 20.7. The Hall–Kier alpha value is -3.91. The summed E-state index contributed by atoms with van der Waals surface area (Å²) in [4.78, 5) is 7.86. The van der Waals surface area contributed by atoms with Gasteiger partial charge in [-0.2, -0.15) is 0 Å². The van der Waals surface area contributed by atoms with Gasteiger partial charge in [0.25, 0.3) is 0 Å². The number of hydrogen-bond acceptors (Lipinski definition) is 2. The van der Waals surface area contributed by atoms with Crippen LogP contribution in [0.3, 0.4) is 0 Å². The van der Waals surface area contributed by atoms with Crippen LogP contribution in [-0.4, -0.2) is 12.0 Å². The Labute approximate surface area is 252 Å². The Morgan fingerprint density at radius 1 is 0.548 bits per heavy atom. The first-order valence-electron chi connectivity index (χ1n) is 16.2. The molecule has 5 aromatic rings. The number of benzene rings is 4.